The zero-order chi connectivity index (χ0) is 14.1. The van der Waals surface area contributed by atoms with E-state index >= 15 is 0 Å². The van der Waals surface area contributed by atoms with Crippen molar-refractivity contribution >= 4 is 5.65 Å². The van der Waals surface area contributed by atoms with Gasteiger partial charge in [0.25, 0.3) is 0 Å². The second kappa shape index (κ2) is 5.00. The number of nitrogens with zero attached hydrogens (tertiary/aromatic N) is 2. The Kier molecular flexibility index (Phi) is 3.18. The Labute approximate surface area is 118 Å². The minimum Gasteiger partial charge on any atom is -0.493 e. The van der Waals surface area contributed by atoms with E-state index in [0.29, 0.717) is 5.92 Å². The van der Waals surface area contributed by atoms with Gasteiger partial charge in [-0.05, 0) is 23.6 Å². The van der Waals surface area contributed by atoms with Gasteiger partial charge in [0.05, 0.1) is 12.8 Å². The fourth-order valence-electron chi connectivity index (χ4n) is 2.32. The Morgan fingerprint density at radius 2 is 1.85 bits per heavy atom. The zero-order valence-electron chi connectivity index (χ0n) is 12.0. The average Bonchev–Trinajstić information content (AvgIpc) is 2.91. The number of benzene rings is 1. The van der Waals surface area contributed by atoms with Crippen molar-refractivity contribution in [2.45, 2.75) is 19.8 Å². The number of hydrogen-bond acceptors (Lipinski definition) is 2. The number of imidazole rings is 1. The molecular weight excluding hydrogens is 248 g/mol. The van der Waals surface area contributed by atoms with Gasteiger partial charge in [-0.3, -0.25) is 0 Å². The molecule has 0 unspecified atom stereocenters. The van der Waals surface area contributed by atoms with Crippen LogP contribution in [0.4, 0.5) is 0 Å². The summed E-state index contributed by atoms with van der Waals surface area (Å²) in [6.45, 7) is 4.40. The summed E-state index contributed by atoms with van der Waals surface area (Å²) in [4.78, 5) is 4.67. The highest BCUT2D eigenvalue weighted by Crippen LogP contribution is 2.25. The van der Waals surface area contributed by atoms with Crippen LogP contribution < -0.4 is 4.74 Å². The van der Waals surface area contributed by atoms with E-state index in [1.54, 1.807) is 7.11 Å². The highest BCUT2D eigenvalue weighted by atomic mass is 16.5. The van der Waals surface area contributed by atoms with E-state index in [1.165, 1.54) is 5.56 Å². The van der Waals surface area contributed by atoms with Gasteiger partial charge in [-0.1, -0.05) is 38.1 Å². The third-order valence-corrected chi connectivity index (χ3v) is 3.54. The highest BCUT2D eigenvalue weighted by molar-refractivity contribution is 5.66. The van der Waals surface area contributed by atoms with Crippen LogP contribution in [0.5, 0.6) is 5.75 Å². The molecule has 0 bridgehead atoms. The van der Waals surface area contributed by atoms with Crippen molar-refractivity contribution in [2.24, 2.45) is 0 Å². The minimum absolute atomic E-state index is 0.546. The lowest BCUT2D eigenvalue weighted by atomic mass is 10.0. The van der Waals surface area contributed by atoms with Crippen molar-refractivity contribution in [2.75, 3.05) is 7.11 Å². The summed E-state index contributed by atoms with van der Waals surface area (Å²) < 4.78 is 7.33. The van der Waals surface area contributed by atoms with Crippen LogP contribution in [0, 0.1) is 0 Å². The molecule has 3 aromatic rings. The summed E-state index contributed by atoms with van der Waals surface area (Å²) >= 11 is 0. The molecule has 0 saturated heterocycles. The largest absolute Gasteiger partial charge is 0.493 e. The lowest BCUT2D eigenvalue weighted by Crippen LogP contribution is -1.88. The van der Waals surface area contributed by atoms with Crippen LogP contribution in [0.25, 0.3) is 16.9 Å². The summed E-state index contributed by atoms with van der Waals surface area (Å²) in [6, 6.07) is 12.5. The van der Waals surface area contributed by atoms with E-state index in [1.807, 2.05) is 28.9 Å². The number of aromatic nitrogens is 2. The van der Waals surface area contributed by atoms with Gasteiger partial charge in [0.15, 0.2) is 11.4 Å². The zero-order valence-corrected chi connectivity index (χ0v) is 12.0. The molecule has 3 heteroatoms. The molecule has 0 spiro atoms. The molecule has 0 aliphatic carbocycles. The number of methoxy groups -OCH3 is 1. The topological polar surface area (TPSA) is 26.5 Å². The first-order chi connectivity index (χ1) is 9.69. The van der Waals surface area contributed by atoms with Crippen molar-refractivity contribution < 1.29 is 4.74 Å². The van der Waals surface area contributed by atoms with E-state index in [4.69, 9.17) is 4.74 Å². The maximum Gasteiger partial charge on any atom is 0.180 e. The molecule has 3 rings (SSSR count). The van der Waals surface area contributed by atoms with E-state index in [-0.39, 0.29) is 0 Å². The molecule has 2 heterocycles. The first-order valence-corrected chi connectivity index (χ1v) is 6.81. The molecule has 102 valence electrons. The van der Waals surface area contributed by atoms with Crippen LogP contribution >= 0.6 is 0 Å². The number of pyridine rings is 1. The van der Waals surface area contributed by atoms with Gasteiger partial charge >= 0.3 is 0 Å². The Morgan fingerprint density at radius 3 is 2.50 bits per heavy atom. The highest BCUT2D eigenvalue weighted by Gasteiger charge is 2.08. The van der Waals surface area contributed by atoms with E-state index < -0.39 is 0 Å². The number of fused-ring (bicyclic) bond motifs is 1. The molecule has 0 saturated carbocycles. The van der Waals surface area contributed by atoms with Crippen LogP contribution in [0.2, 0.25) is 0 Å². The van der Waals surface area contributed by atoms with Gasteiger partial charge in [-0.25, -0.2) is 4.98 Å². The molecule has 0 fully saturated rings. The number of rotatable bonds is 3. The monoisotopic (exact) mass is 266 g/mol. The van der Waals surface area contributed by atoms with E-state index in [2.05, 4.69) is 43.1 Å². The summed E-state index contributed by atoms with van der Waals surface area (Å²) in [5.41, 5.74) is 4.28. The Hall–Kier alpha value is -2.29. The smallest absolute Gasteiger partial charge is 0.180 e. The summed E-state index contributed by atoms with van der Waals surface area (Å²) in [5, 5.41) is 0. The molecular formula is C17H18N2O. The Morgan fingerprint density at radius 1 is 1.10 bits per heavy atom. The second-order valence-electron chi connectivity index (χ2n) is 5.21. The first-order valence-electron chi connectivity index (χ1n) is 6.81. The first kappa shape index (κ1) is 12.7. The van der Waals surface area contributed by atoms with E-state index in [9.17, 15) is 0 Å². The minimum atomic E-state index is 0.546. The second-order valence-corrected chi connectivity index (χ2v) is 5.21. The molecule has 20 heavy (non-hydrogen) atoms. The van der Waals surface area contributed by atoms with Crippen molar-refractivity contribution in [3.63, 3.8) is 0 Å². The molecule has 0 N–H and O–H groups in total. The van der Waals surface area contributed by atoms with Gasteiger partial charge in [0.1, 0.15) is 0 Å². The number of ether oxygens (including phenoxy) is 1. The SMILES string of the molecule is COc1cccn2cc(-c3ccc(C(C)C)cc3)nc12. The normalized spacial score (nSPS) is 11.2. The summed E-state index contributed by atoms with van der Waals surface area (Å²) in [5.74, 6) is 1.34. The van der Waals surface area contributed by atoms with Crippen LogP contribution in [-0.4, -0.2) is 16.5 Å². The van der Waals surface area contributed by atoms with Gasteiger partial charge in [-0.15, -0.1) is 0 Å². The third-order valence-electron chi connectivity index (χ3n) is 3.54. The number of hydrogen-bond donors (Lipinski definition) is 0. The molecule has 1 aromatic carbocycles. The molecule has 0 amide bonds. The van der Waals surface area contributed by atoms with Crippen LogP contribution in [0.15, 0.2) is 48.8 Å². The van der Waals surface area contributed by atoms with Gasteiger partial charge < -0.3 is 9.14 Å². The van der Waals surface area contributed by atoms with Crippen molar-refractivity contribution in [3.8, 4) is 17.0 Å². The fraction of sp³-hybridized carbons (Fsp3) is 0.235. The predicted molar refractivity (Wildman–Crippen MR) is 81.3 cm³/mol. The Bertz CT molecular complexity index is 726. The van der Waals surface area contributed by atoms with Crippen LogP contribution in [0.3, 0.4) is 0 Å². The molecule has 0 atom stereocenters. The lowest BCUT2D eigenvalue weighted by molar-refractivity contribution is 0.417. The van der Waals surface area contributed by atoms with Crippen LogP contribution in [0.1, 0.15) is 25.3 Å². The third kappa shape index (κ3) is 2.16. The summed E-state index contributed by atoms with van der Waals surface area (Å²) in [7, 11) is 1.67. The standard InChI is InChI=1S/C17H18N2O/c1-12(2)13-6-8-14(9-7-13)15-11-19-10-4-5-16(20-3)17(19)18-15/h4-12H,1-3H3. The quantitative estimate of drug-likeness (QED) is 0.712. The fourth-order valence-corrected chi connectivity index (χ4v) is 2.32. The maximum absolute atomic E-state index is 5.34. The molecule has 0 radical (unpaired) electrons. The maximum atomic E-state index is 5.34. The van der Waals surface area contributed by atoms with Gasteiger partial charge in [0, 0.05) is 18.0 Å². The molecule has 0 aliphatic rings. The van der Waals surface area contributed by atoms with Crippen LogP contribution in [-0.2, 0) is 0 Å². The summed E-state index contributed by atoms with van der Waals surface area (Å²) in [6.07, 6.45) is 4.01. The van der Waals surface area contributed by atoms with Crippen molar-refractivity contribution in [3.05, 3.63) is 54.4 Å². The molecule has 2 aromatic heterocycles. The van der Waals surface area contributed by atoms with Crippen molar-refractivity contribution in [1.29, 1.82) is 0 Å². The molecule has 3 nitrogen and oxygen atoms in total. The predicted octanol–water partition coefficient (Wildman–Crippen LogP) is 4.13. The van der Waals surface area contributed by atoms with Gasteiger partial charge in [0.2, 0.25) is 0 Å². The lowest BCUT2D eigenvalue weighted by Gasteiger charge is -2.05. The van der Waals surface area contributed by atoms with Crippen molar-refractivity contribution in [1.82, 2.24) is 9.38 Å². The molecule has 0 aliphatic heterocycles. The van der Waals surface area contributed by atoms with Gasteiger partial charge in [-0.2, -0.15) is 0 Å². The Balaban J connectivity index is 2.06. The average molecular weight is 266 g/mol. The van der Waals surface area contributed by atoms with E-state index in [0.717, 1.165) is 22.7 Å².